The molecule has 0 spiro atoms. The normalized spacial score (nSPS) is 22.8. The van der Waals surface area contributed by atoms with E-state index >= 15 is 0 Å². The van der Waals surface area contributed by atoms with Crippen molar-refractivity contribution < 1.29 is 0 Å². The van der Waals surface area contributed by atoms with Gasteiger partial charge in [-0.1, -0.05) is 32.3 Å². The summed E-state index contributed by atoms with van der Waals surface area (Å²) in [4.78, 5) is 0. The second-order valence-corrected chi connectivity index (χ2v) is 6.30. The van der Waals surface area contributed by atoms with Gasteiger partial charge in [-0.3, -0.25) is 0 Å². The summed E-state index contributed by atoms with van der Waals surface area (Å²) in [7, 11) is 0. The maximum atomic E-state index is 9.18. The van der Waals surface area contributed by atoms with Crippen LogP contribution in [0, 0.1) is 23.2 Å². The van der Waals surface area contributed by atoms with Gasteiger partial charge in [-0.2, -0.15) is 5.26 Å². The molecule has 1 N–H and O–H groups in total. The van der Waals surface area contributed by atoms with Crippen molar-refractivity contribution in [2.24, 2.45) is 11.8 Å². The first-order valence-corrected chi connectivity index (χ1v) is 7.96. The van der Waals surface area contributed by atoms with Crippen molar-refractivity contribution in [3.05, 3.63) is 28.2 Å². The Labute approximate surface area is 124 Å². The first-order chi connectivity index (χ1) is 9.24. The second-order valence-electron chi connectivity index (χ2n) is 5.45. The lowest BCUT2D eigenvalue weighted by atomic mass is 9.81. The molecule has 0 atom stereocenters. The van der Waals surface area contributed by atoms with Gasteiger partial charge in [0, 0.05) is 11.0 Å². The molecule has 102 valence electrons. The van der Waals surface area contributed by atoms with E-state index in [0.717, 1.165) is 28.5 Å². The minimum absolute atomic E-state index is 0.713. The minimum Gasteiger partial charge on any atom is -0.384 e. The van der Waals surface area contributed by atoms with Crippen LogP contribution in [0.5, 0.6) is 0 Å². The fraction of sp³-hybridized carbons (Fsp3) is 0.562. The number of anilines is 1. The van der Waals surface area contributed by atoms with E-state index < -0.39 is 0 Å². The number of nitrogens with zero attached hydrogens (tertiary/aromatic N) is 1. The zero-order chi connectivity index (χ0) is 13.7. The lowest BCUT2D eigenvalue weighted by Gasteiger charge is -2.28. The van der Waals surface area contributed by atoms with Crippen LogP contribution in [-0.2, 0) is 0 Å². The third-order valence-electron chi connectivity index (χ3n) is 4.25. The molecule has 0 bridgehead atoms. The summed E-state index contributed by atoms with van der Waals surface area (Å²) in [5.41, 5.74) is 1.67. The van der Waals surface area contributed by atoms with Crippen molar-refractivity contribution in [3.8, 4) is 6.07 Å². The summed E-state index contributed by atoms with van der Waals surface area (Å²) in [5, 5.41) is 12.6. The molecule has 0 amide bonds. The van der Waals surface area contributed by atoms with Crippen molar-refractivity contribution >= 4 is 21.6 Å². The molecule has 1 aromatic rings. The van der Waals surface area contributed by atoms with Crippen LogP contribution in [0.25, 0.3) is 0 Å². The van der Waals surface area contributed by atoms with E-state index in [1.54, 1.807) is 0 Å². The molecule has 3 heteroatoms. The Morgan fingerprint density at radius 1 is 1.26 bits per heavy atom. The molecule has 0 aromatic heterocycles. The maximum Gasteiger partial charge on any atom is 0.103 e. The van der Waals surface area contributed by atoms with E-state index in [-0.39, 0.29) is 0 Å². The Hall–Kier alpha value is -1.01. The summed E-state index contributed by atoms with van der Waals surface area (Å²) in [6.45, 7) is 3.28. The van der Waals surface area contributed by atoms with Gasteiger partial charge in [0.15, 0.2) is 0 Å². The molecule has 2 nitrogen and oxygen atoms in total. The van der Waals surface area contributed by atoms with Gasteiger partial charge in [-0.15, -0.1) is 0 Å². The maximum absolute atomic E-state index is 9.18. The Morgan fingerprint density at radius 2 is 1.95 bits per heavy atom. The Balaban J connectivity index is 1.90. The summed E-state index contributed by atoms with van der Waals surface area (Å²) < 4.78 is 0.870. The van der Waals surface area contributed by atoms with Crippen LogP contribution in [0.2, 0.25) is 0 Å². The summed E-state index contributed by atoms with van der Waals surface area (Å²) in [5.74, 6) is 1.70. The van der Waals surface area contributed by atoms with Gasteiger partial charge in [0.1, 0.15) is 6.07 Å². The Kier molecular flexibility index (Phi) is 5.27. The fourth-order valence-corrected chi connectivity index (χ4v) is 3.34. The molecular weight excluding hydrogens is 300 g/mol. The molecule has 1 saturated carbocycles. The van der Waals surface area contributed by atoms with Crippen molar-refractivity contribution in [2.45, 2.75) is 39.0 Å². The third-order valence-corrected chi connectivity index (χ3v) is 4.91. The lowest BCUT2D eigenvalue weighted by Crippen LogP contribution is -2.21. The highest BCUT2D eigenvalue weighted by atomic mass is 79.9. The van der Waals surface area contributed by atoms with Crippen LogP contribution in [0.3, 0.4) is 0 Å². The van der Waals surface area contributed by atoms with Gasteiger partial charge in [0.2, 0.25) is 0 Å². The van der Waals surface area contributed by atoms with Crippen LogP contribution >= 0.6 is 15.9 Å². The smallest absolute Gasteiger partial charge is 0.103 e. The van der Waals surface area contributed by atoms with Gasteiger partial charge in [0.05, 0.1) is 11.3 Å². The largest absolute Gasteiger partial charge is 0.384 e. The van der Waals surface area contributed by atoms with Crippen LogP contribution in [0.1, 0.15) is 44.6 Å². The molecule has 1 aliphatic carbocycles. The Morgan fingerprint density at radius 3 is 2.58 bits per heavy atom. The van der Waals surface area contributed by atoms with E-state index in [1.165, 1.54) is 32.1 Å². The number of halogens is 1. The van der Waals surface area contributed by atoms with Crippen LogP contribution in [-0.4, -0.2) is 6.54 Å². The van der Waals surface area contributed by atoms with Crippen molar-refractivity contribution in [3.63, 3.8) is 0 Å². The number of nitrogens with one attached hydrogen (secondary N) is 1. The average Bonchev–Trinajstić information content (AvgIpc) is 2.45. The highest BCUT2D eigenvalue weighted by Gasteiger charge is 2.20. The molecule has 0 unspecified atom stereocenters. The molecule has 0 aliphatic heterocycles. The monoisotopic (exact) mass is 320 g/mol. The third kappa shape index (κ3) is 3.73. The van der Waals surface area contributed by atoms with Crippen molar-refractivity contribution in [1.29, 1.82) is 5.26 Å². The number of hydrogen-bond acceptors (Lipinski definition) is 2. The van der Waals surface area contributed by atoms with Gasteiger partial charge in [-0.25, -0.2) is 0 Å². The number of hydrogen-bond donors (Lipinski definition) is 1. The van der Waals surface area contributed by atoms with Crippen molar-refractivity contribution in [1.82, 2.24) is 0 Å². The van der Waals surface area contributed by atoms with Crippen LogP contribution < -0.4 is 5.32 Å². The molecule has 2 rings (SSSR count). The molecule has 19 heavy (non-hydrogen) atoms. The van der Waals surface area contributed by atoms with E-state index in [0.29, 0.717) is 5.56 Å². The second kappa shape index (κ2) is 6.96. The molecule has 1 fully saturated rings. The van der Waals surface area contributed by atoms with E-state index in [2.05, 4.69) is 34.2 Å². The summed E-state index contributed by atoms with van der Waals surface area (Å²) >= 11 is 3.43. The SMILES string of the molecule is CCC1CCC(CNc2cccc(Br)c2C#N)CC1. The van der Waals surface area contributed by atoms with Gasteiger partial charge >= 0.3 is 0 Å². The van der Waals surface area contributed by atoms with Gasteiger partial charge in [0.25, 0.3) is 0 Å². The number of benzene rings is 1. The van der Waals surface area contributed by atoms with Crippen LogP contribution in [0.15, 0.2) is 22.7 Å². The van der Waals surface area contributed by atoms with E-state index in [9.17, 15) is 5.26 Å². The zero-order valence-electron chi connectivity index (χ0n) is 11.5. The summed E-state index contributed by atoms with van der Waals surface area (Å²) in [6.07, 6.45) is 6.70. The number of nitriles is 1. The first-order valence-electron chi connectivity index (χ1n) is 7.17. The minimum atomic E-state index is 0.713. The van der Waals surface area contributed by atoms with Gasteiger partial charge in [-0.05, 0) is 52.7 Å². The standard InChI is InChI=1S/C16H21BrN2/c1-2-12-6-8-13(9-7-12)11-19-16-5-3-4-15(17)14(16)10-18/h3-5,12-13,19H,2,6-9,11H2,1H3. The molecule has 1 aliphatic rings. The molecular formula is C16H21BrN2. The Bertz CT molecular complexity index is 456. The topological polar surface area (TPSA) is 35.8 Å². The number of rotatable bonds is 4. The van der Waals surface area contributed by atoms with E-state index in [1.807, 2.05) is 18.2 Å². The molecule has 0 saturated heterocycles. The quantitative estimate of drug-likeness (QED) is 0.852. The molecule has 0 heterocycles. The summed E-state index contributed by atoms with van der Waals surface area (Å²) in [6, 6.07) is 8.13. The first kappa shape index (κ1) is 14.4. The average molecular weight is 321 g/mol. The highest BCUT2D eigenvalue weighted by Crippen LogP contribution is 2.31. The molecule has 1 aromatic carbocycles. The molecule has 0 radical (unpaired) electrons. The van der Waals surface area contributed by atoms with Crippen molar-refractivity contribution in [2.75, 3.05) is 11.9 Å². The lowest BCUT2D eigenvalue weighted by molar-refractivity contribution is 0.278. The van der Waals surface area contributed by atoms with Gasteiger partial charge < -0.3 is 5.32 Å². The predicted molar refractivity (Wildman–Crippen MR) is 83.1 cm³/mol. The fourth-order valence-electron chi connectivity index (χ4n) is 2.88. The predicted octanol–water partition coefficient (Wildman–Crippen LogP) is 4.95. The highest BCUT2D eigenvalue weighted by molar-refractivity contribution is 9.10. The zero-order valence-corrected chi connectivity index (χ0v) is 13.0. The van der Waals surface area contributed by atoms with Crippen LogP contribution in [0.4, 0.5) is 5.69 Å². The van der Waals surface area contributed by atoms with E-state index in [4.69, 9.17) is 0 Å².